The second kappa shape index (κ2) is 13.7. The molecule has 0 spiro atoms. The Hall–Kier alpha value is -5.68. The number of rotatable bonds is 4. The van der Waals surface area contributed by atoms with Crippen LogP contribution in [0.25, 0.3) is 38.8 Å². The lowest BCUT2D eigenvalue weighted by atomic mass is 9.65. The van der Waals surface area contributed by atoms with Crippen LogP contribution in [0.3, 0.4) is 0 Å². The van der Waals surface area contributed by atoms with Crippen LogP contribution in [0.15, 0.2) is 84.0 Å². The predicted octanol–water partition coefficient (Wildman–Crippen LogP) is 15.1. The highest BCUT2D eigenvalue weighted by Gasteiger charge is 2.57. The van der Waals surface area contributed by atoms with Gasteiger partial charge in [-0.2, -0.15) is 0 Å². The van der Waals surface area contributed by atoms with Crippen molar-refractivity contribution in [2.45, 2.75) is 151 Å². The van der Waals surface area contributed by atoms with Crippen molar-refractivity contribution in [3.05, 3.63) is 151 Å². The summed E-state index contributed by atoms with van der Waals surface area (Å²) in [4.78, 5) is 10.5. The number of aliphatic imine (C=N–C) groups is 1. The van der Waals surface area contributed by atoms with Gasteiger partial charge >= 0.3 is 0 Å². The van der Waals surface area contributed by atoms with Crippen LogP contribution < -0.4 is 4.74 Å². The molecule has 5 aromatic carbocycles. The maximum Gasteiger partial charge on any atom is 0.217 e. The summed E-state index contributed by atoms with van der Waals surface area (Å²) in [6.45, 7) is 35.2. The molecule has 5 heteroatoms. The molecule has 10 rings (SSSR count). The summed E-state index contributed by atoms with van der Waals surface area (Å²) in [5.74, 6) is 2.87. The van der Waals surface area contributed by atoms with Crippen molar-refractivity contribution in [3.8, 4) is 28.4 Å². The fraction of sp³-hybridized carbons (Fsp3) is 0.390. The molecule has 1 aliphatic carbocycles. The van der Waals surface area contributed by atoms with E-state index in [2.05, 4.69) is 188 Å². The van der Waals surface area contributed by atoms with Crippen molar-refractivity contribution in [1.82, 2.24) is 9.55 Å². The number of aryl methyl sites for hydroxylation is 5. The first kappa shape index (κ1) is 39.9. The fourth-order valence-corrected chi connectivity index (χ4v) is 11.8. The quantitative estimate of drug-likeness (QED) is 0.177. The summed E-state index contributed by atoms with van der Waals surface area (Å²) < 4.78 is 35.9. The van der Waals surface area contributed by atoms with Gasteiger partial charge in [0, 0.05) is 47.9 Å². The van der Waals surface area contributed by atoms with E-state index >= 15 is 0 Å². The topological polar surface area (TPSA) is 48.6 Å². The van der Waals surface area contributed by atoms with Gasteiger partial charge < -0.3 is 9.47 Å². The van der Waals surface area contributed by atoms with E-state index in [1.807, 2.05) is 6.20 Å². The Bertz CT molecular complexity index is 3280. The minimum absolute atomic E-state index is 0.0397. The first-order chi connectivity index (χ1) is 30.6. The van der Waals surface area contributed by atoms with Crippen molar-refractivity contribution in [2.24, 2.45) is 4.99 Å². The highest BCUT2D eigenvalue weighted by Crippen LogP contribution is 2.54. The molecule has 2 aliphatic heterocycles. The predicted molar refractivity (Wildman–Crippen MR) is 267 cm³/mol. The Kier molecular flexibility index (Phi) is 8.52. The average Bonchev–Trinajstić information content (AvgIpc) is 3.65. The Morgan fingerprint density at radius 2 is 1.42 bits per heavy atom. The summed E-state index contributed by atoms with van der Waals surface area (Å²) in [6, 6.07) is 26.6. The number of aromatic nitrogens is 2. The zero-order valence-corrected chi connectivity index (χ0v) is 40.9. The highest BCUT2D eigenvalue weighted by atomic mass is 16.5. The van der Waals surface area contributed by atoms with Crippen molar-refractivity contribution in [1.29, 1.82) is 0 Å². The van der Waals surface area contributed by atoms with E-state index in [-0.39, 0.29) is 22.7 Å². The molecule has 3 aliphatic rings. The van der Waals surface area contributed by atoms with Crippen LogP contribution in [0.1, 0.15) is 151 Å². The van der Waals surface area contributed by atoms with E-state index in [0.717, 1.165) is 61.6 Å². The van der Waals surface area contributed by atoms with E-state index in [0.29, 0.717) is 11.6 Å². The van der Waals surface area contributed by atoms with Gasteiger partial charge in [0.1, 0.15) is 22.9 Å². The largest absolute Gasteiger partial charge is 0.464 e. The Morgan fingerprint density at radius 1 is 0.719 bits per heavy atom. The normalized spacial score (nSPS) is 21.2. The summed E-state index contributed by atoms with van der Waals surface area (Å²) >= 11 is 0. The van der Waals surface area contributed by atoms with Crippen LogP contribution in [0.2, 0.25) is 0 Å². The number of fused-ring (bicyclic) bond motifs is 8. The standard InChI is InChI=1S/C59H65N3O2/c1-32-22-34(3)50(35(4)23-32)38-26-39(54-61-58(15)20-19-42-37(6)51(56(10,11)12)36(5)25-46(42)59(58,16)64-54)28-41(27-38)63-49-31-48-43(24-33(49)2)44-29-40(55(7,8)9)30-47-52(44)62(48)53-45(57(47,13)14)18-17-21-60-53/h17-18,21-31H,19-20H2,1-16H3/t58-,59+/m1/s1/i19D2. The van der Waals surface area contributed by atoms with Crippen molar-refractivity contribution >= 4 is 27.7 Å². The highest BCUT2D eigenvalue weighted by molar-refractivity contribution is 6.12. The molecule has 328 valence electrons. The molecule has 0 N–H and O–H groups in total. The zero-order chi connectivity index (χ0) is 47.6. The van der Waals surface area contributed by atoms with E-state index in [4.69, 9.17) is 19.5 Å². The maximum atomic E-state index is 9.60. The Labute approximate surface area is 383 Å². The van der Waals surface area contributed by atoms with Gasteiger partial charge in [0.2, 0.25) is 5.90 Å². The first-order valence-corrected chi connectivity index (χ1v) is 23.1. The number of benzene rings is 5. The second-order valence-electron chi connectivity index (χ2n) is 22.3. The second-order valence-corrected chi connectivity index (χ2v) is 22.3. The number of hydrogen-bond donors (Lipinski definition) is 0. The van der Waals surface area contributed by atoms with Crippen molar-refractivity contribution in [2.75, 3.05) is 0 Å². The van der Waals surface area contributed by atoms with Crippen LogP contribution in [0.4, 0.5) is 0 Å². The van der Waals surface area contributed by atoms with E-state index in [9.17, 15) is 2.74 Å². The molecule has 0 saturated heterocycles. The van der Waals surface area contributed by atoms with Gasteiger partial charge in [0.25, 0.3) is 0 Å². The molecular weight excluding hydrogens is 783 g/mol. The van der Waals surface area contributed by atoms with Gasteiger partial charge in [-0.05, 0) is 177 Å². The molecular formula is C59H65N3O2. The first-order valence-electron chi connectivity index (χ1n) is 24.1. The van der Waals surface area contributed by atoms with Crippen molar-refractivity contribution < 1.29 is 12.2 Å². The van der Waals surface area contributed by atoms with Gasteiger partial charge in [-0.15, -0.1) is 0 Å². The number of ether oxygens (including phenoxy) is 2. The van der Waals surface area contributed by atoms with Crippen LogP contribution >= 0.6 is 0 Å². The molecule has 0 fully saturated rings. The average molecular weight is 850 g/mol. The van der Waals surface area contributed by atoms with E-state index < -0.39 is 17.5 Å². The fourth-order valence-electron chi connectivity index (χ4n) is 11.8. The van der Waals surface area contributed by atoms with Crippen LogP contribution in [-0.4, -0.2) is 21.0 Å². The van der Waals surface area contributed by atoms with E-state index in [1.165, 1.54) is 55.2 Å². The van der Waals surface area contributed by atoms with Gasteiger partial charge in [0.15, 0.2) is 5.60 Å². The lowest BCUT2D eigenvalue weighted by Crippen LogP contribution is -2.48. The Morgan fingerprint density at radius 3 is 2.11 bits per heavy atom. The molecule has 0 radical (unpaired) electrons. The molecule has 2 aromatic heterocycles. The van der Waals surface area contributed by atoms with Gasteiger partial charge in [-0.1, -0.05) is 91.3 Å². The minimum atomic E-state index is -1.62. The van der Waals surface area contributed by atoms with Crippen molar-refractivity contribution in [3.63, 3.8) is 0 Å². The van der Waals surface area contributed by atoms with E-state index in [1.54, 1.807) is 0 Å². The molecule has 0 unspecified atom stereocenters. The number of nitrogens with zero attached hydrogens (tertiary/aromatic N) is 3. The summed E-state index contributed by atoms with van der Waals surface area (Å²) in [5.41, 5.74) is 16.4. The monoisotopic (exact) mass is 850 g/mol. The molecule has 64 heavy (non-hydrogen) atoms. The third kappa shape index (κ3) is 6.08. The molecule has 2 atom stereocenters. The molecule has 0 saturated carbocycles. The van der Waals surface area contributed by atoms with Crippen LogP contribution in [0.5, 0.6) is 11.5 Å². The van der Waals surface area contributed by atoms with Crippen LogP contribution in [0, 0.1) is 41.5 Å². The summed E-state index contributed by atoms with van der Waals surface area (Å²) in [7, 11) is 0. The smallest absolute Gasteiger partial charge is 0.217 e. The van der Waals surface area contributed by atoms with Gasteiger partial charge in [-0.3, -0.25) is 4.57 Å². The van der Waals surface area contributed by atoms with Gasteiger partial charge in [-0.25, -0.2) is 9.98 Å². The van der Waals surface area contributed by atoms with Gasteiger partial charge in [0.05, 0.1) is 11.0 Å². The Balaban J connectivity index is 1.16. The molecule has 5 nitrogen and oxygen atoms in total. The molecule has 7 aromatic rings. The zero-order valence-electron chi connectivity index (χ0n) is 42.9. The minimum Gasteiger partial charge on any atom is -0.464 e. The molecule has 0 amide bonds. The van der Waals surface area contributed by atoms with Crippen LogP contribution in [-0.2, 0) is 33.0 Å². The number of hydrogen-bond acceptors (Lipinski definition) is 4. The third-order valence-corrected chi connectivity index (χ3v) is 15.0. The number of pyridine rings is 1. The summed E-state index contributed by atoms with van der Waals surface area (Å²) in [5, 5.41) is 2.40. The SMILES string of the molecule is [2H]C1([2H])C[C@@]2(C)N=C(c3cc(Oc4cc5c(cc4C)c4cc(C(C)(C)C)cc6c4n5-c4ncccc4C6(C)C)cc(-c4c(C)cc(C)cc4C)c3)O[C@@]2(C)c2cc(C)c(C(C)(C)C)c(C)c21. The third-order valence-electron chi connectivity index (χ3n) is 15.0. The molecule has 0 bridgehead atoms. The molecule has 4 heterocycles. The maximum absolute atomic E-state index is 9.60. The lowest BCUT2D eigenvalue weighted by Gasteiger charge is -2.44. The summed E-state index contributed by atoms with van der Waals surface area (Å²) in [6.07, 6.45) is 0.481. The lowest BCUT2D eigenvalue weighted by molar-refractivity contribution is 0.0178.